The molecule has 0 radical (unpaired) electrons. The van der Waals surface area contributed by atoms with Crippen molar-refractivity contribution in [2.75, 3.05) is 0 Å². The number of carboxylic acid groups (broad SMARTS) is 1. The number of aromatic nitrogens is 3. The number of aromatic carboxylic acids is 1. The van der Waals surface area contributed by atoms with E-state index in [1.807, 2.05) is 31.2 Å². The van der Waals surface area contributed by atoms with Crippen molar-refractivity contribution < 1.29 is 9.90 Å². The Labute approximate surface area is 111 Å². The van der Waals surface area contributed by atoms with Crippen LogP contribution < -0.4 is 0 Å². The van der Waals surface area contributed by atoms with Gasteiger partial charge in [0, 0.05) is 0 Å². The van der Waals surface area contributed by atoms with Crippen LogP contribution in [0.2, 0.25) is 0 Å². The Hall–Kier alpha value is -2.17. The second kappa shape index (κ2) is 5.65. The molecule has 2 aromatic rings. The summed E-state index contributed by atoms with van der Waals surface area (Å²) in [6.45, 7) is 4.02. The van der Waals surface area contributed by atoms with Crippen molar-refractivity contribution in [2.45, 2.75) is 33.1 Å². The number of carbonyl (C=O) groups is 1. The summed E-state index contributed by atoms with van der Waals surface area (Å²) in [6.07, 6.45) is 2.54. The van der Waals surface area contributed by atoms with E-state index >= 15 is 0 Å². The van der Waals surface area contributed by atoms with E-state index in [1.165, 1.54) is 0 Å². The predicted molar refractivity (Wildman–Crippen MR) is 71.7 cm³/mol. The molecule has 5 nitrogen and oxygen atoms in total. The summed E-state index contributed by atoms with van der Waals surface area (Å²) in [4.78, 5) is 11.1. The molecule has 100 valence electrons. The van der Waals surface area contributed by atoms with Gasteiger partial charge in [-0.1, -0.05) is 43.7 Å². The van der Waals surface area contributed by atoms with Crippen LogP contribution in [0.4, 0.5) is 0 Å². The molecule has 0 aliphatic carbocycles. The van der Waals surface area contributed by atoms with Crippen molar-refractivity contribution in [2.24, 2.45) is 0 Å². The Morgan fingerprint density at radius 3 is 2.68 bits per heavy atom. The zero-order valence-electron chi connectivity index (χ0n) is 11.1. The summed E-state index contributed by atoms with van der Waals surface area (Å²) in [5, 5.41) is 16.9. The van der Waals surface area contributed by atoms with Gasteiger partial charge in [0.15, 0.2) is 5.69 Å². The number of para-hydroxylation sites is 1. The fraction of sp³-hybridized carbons (Fsp3) is 0.357. The van der Waals surface area contributed by atoms with Crippen molar-refractivity contribution in [3.63, 3.8) is 0 Å². The summed E-state index contributed by atoms with van der Waals surface area (Å²) >= 11 is 0. The summed E-state index contributed by atoms with van der Waals surface area (Å²) in [5.74, 6) is -1.03. The van der Waals surface area contributed by atoms with Crippen LogP contribution in [0.1, 0.15) is 42.0 Å². The smallest absolute Gasteiger partial charge is 0.358 e. The molecule has 1 aromatic carbocycles. The molecule has 0 aliphatic rings. The molecular weight excluding hydrogens is 242 g/mol. The summed E-state index contributed by atoms with van der Waals surface area (Å²) in [5.41, 5.74) is 2.74. The van der Waals surface area contributed by atoms with Gasteiger partial charge in [-0.25, -0.2) is 9.48 Å². The van der Waals surface area contributed by atoms with E-state index < -0.39 is 5.97 Å². The van der Waals surface area contributed by atoms with Gasteiger partial charge in [0.05, 0.1) is 11.4 Å². The van der Waals surface area contributed by atoms with Gasteiger partial charge < -0.3 is 5.11 Å². The average Bonchev–Trinajstić information content (AvgIpc) is 2.83. The number of nitrogens with zero attached hydrogens (tertiary/aromatic N) is 3. The number of rotatable bonds is 5. The highest BCUT2D eigenvalue weighted by Crippen LogP contribution is 2.19. The van der Waals surface area contributed by atoms with Crippen LogP contribution in [0.5, 0.6) is 0 Å². The van der Waals surface area contributed by atoms with E-state index in [0.717, 1.165) is 24.1 Å². The molecule has 0 aliphatic heterocycles. The molecule has 0 amide bonds. The molecule has 0 unspecified atom stereocenters. The monoisotopic (exact) mass is 259 g/mol. The molecule has 0 atom stereocenters. The van der Waals surface area contributed by atoms with E-state index in [4.69, 9.17) is 5.11 Å². The quantitative estimate of drug-likeness (QED) is 0.895. The topological polar surface area (TPSA) is 68.0 Å². The Bertz CT molecular complexity index is 590. The first kappa shape index (κ1) is 13.3. The van der Waals surface area contributed by atoms with Gasteiger partial charge in [-0.05, 0) is 24.5 Å². The van der Waals surface area contributed by atoms with Gasteiger partial charge >= 0.3 is 5.97 Å². The highest BCUT2D eigenvalue weighted by molar-refractivity contribution is 5.86. The highest BCUT2D eigenvalue weighted by atomic mass is 16.4. The van der Waals surface area contributed by atoms with E-state index in [1.54, 1.807) is 4.68 Å². The molecule has 1 N–H and O–H groups in total. The molecule has 0 saturated heterocycles. The lowest BCUT2D eigenvalue weighted by molar-refractivity contribution is 0.0689. The molecule has 0 spiro atoms. The molecular formula is C14H17N3O2. The molecule has 1 aromatic heterocycles. The minimum absolute atomic E-state index is 0.0359. The molecule has 19 heavy (non-hydrogen) atoms. The number of carboxylic acids is 1. The highest BCUT2D eigenvalue weighted by Gasteiger charge is 2.19. The number of aryl methyl sites for hydroxylation is 1. The lowest BCUT2D eigenvalue weighted by Crippen LogP contribution is -2.07. The van der Waals surface area contributed by atoms with Crippen molar-refractivity contribution in [3.05, 3.63) is 41.2 Å². The van der Waals surface area contributed by atoms with Gasteiger partial charge in [0.1, 0.15) is 0 Å². The maximum atomic E-state index is 11.1. The van der Waals surface area contributed by atoms with Crippen molar-refractivity contribution in [1.29, 1.82) is 0 Å². The van der Waals surface area contributed by atoms with Crippen LogP contribution in [0.15, 0.2) is 24.3 Å². The number of benzene rings is 1. The molecule has 0 saturated carbocycles. The van der Waals surface area contributed by atoms with Crippen molar-refractivity contribution in [1.82, 2.24) is 15.0 Å². The van der Waals surface area contributed by atoms with Crippen LogP contribution >= 0.6 is 0 Å². The number of hydrogen-bond donors (Lipinski definition) is 1. The fourth-order valence-electron chi connectivity index (χ4n) is 2.18. The van der Waals surface area contributed by atoms with Gasteiger partial charge in [-0.3, -0.25) is 0 Å². The second-order valence-electron chi connectivity index (χ2n) is 4.33. The fourth-order valence-corrected chi connectivity index (χ4v) is 2.18. The molecule has 0 fully saturated rings. The Kier molecular flexibility index (Phi) is 3.94. The zero-order valence-corrected chi connectivity index (χ0v) is 11.1. The minimum Gasteiger partial charge on any atom is -0.476 e. The van der Waals surface area contributed by atoms with E-state index in [2.05, 4.69) is 17.2 Å². The van der Waals surface area contributed by atoms with Crippen molar-refractivity contribution >= 4 is 5.97 Å². The zero-order chi connectivity index (χ0) is 13.8. The molecule has 5 heteroatoms. The van der Waals surface area contributed by atoms with Gasteiger partial charge in [-0.15, -0.1) is 5.10 Å². The number of hydrogen-bond acceptors (Lipinski definition) is 3. The minimum atomic E-state index is -1.03. The first-order valence-electron chi connectivity index (χ1n) is 6.45. The summed E-state index contributed by atoms with van der Waals surface area (Å²) < 4.78 is 1.65. The molecule has 0 bridgehead atoms. The van der Waals surface area contributed by atoms with Crippen LogP contribution in [-0.2, 0) is 12.8 Å². The first-order valence-corrected chi connectivity index (χ1v) is 6.45. The van der Waals surface area contributed by atoms with E-state index in [-0.39, 0.29) is 5.69 Å². The second-order valence-corrected chi connectivity index (χ2v) is 4.33. The summed E-state index contributed by atoms with van der Waals surface area (Å²) in [6, 6.07) is 7.90. The van der Waals surface area contributed by atoms with Crippen molar-refractivity contribution in [3.8, 4) is 5.69 Å². The third kappa shape index (κ3) is 2.50. The standard InChI is InChI=1S/C14H17N3O2/c1-3-7-10-8-5-6-9-12(10)17-11(4-2)13(14(18)19)15-16-17/h5-6,8-9H,3-4,7H2,1-2H3,(H,18,19). The van der Waals surface area contributed by atoms with E-state index in [0.29, 0.717) is 12.1 Å². The molecule has 1 heterocycles. The third-order valence-corrected chi connectivity index (χ3v) is 3.04. The average molecular weight is 259 g/mol. The van der Waals surface area contributed by atoms with Gasteiger partial charge in [-0.2, -0.15) is 0 Å². The Balaban J connectivity index is 2.56. The van der Waals surface area contributed by atoms with Crippen LogP contribution in [-0.4, -0.2) is 26.1 Å². The Morgan fingerprint density at radius 1 is 1.32 bits per heavy atom. The van der Waals surface area contributed by atoms with Crippen LogP contribution in [0.25, 0.3) is 5.69 Å². The Morgan fingerprint density at radius 2 is 2.05 bits per heavy atom. The predicted octanol–water partition coefficient (Wildman–Crippen LogP) is 2.48. The lowest BCUT2D eigenvalue weighted by atomic mass is 10.1. The summed E-state index contributed by atoms with van der Waals surface area (Å²) in [7, 11) is 0. The lowest BCUT2D eigenvalue weighted by Gasteiger charge is -2.10. The largest absolute Gasteiger partial charge is 0.476 e. The SMILES string of the molecule is CCCc1ccccc1-n1nnc(C(=O)O)c1CC. The first-order chi connectivity index (χ1) is 9.19. The maximum absolute atomic E-state index is 11.1. The third-order valence-electron chi connectivity index (χ3n) is 3.04. The van der Waals surface area contributed by atoms with Gasteiger partial charge in [0.2, 0.25) is 0 Å². The molecule has 2 rings (SSSR count). The van der Waals surface area contributed by atoms with Gasteiger partial charge in [0.25, 0.3) is 0 Å². The maximum Gasteiger partial charge on any atom is 0.358 e. The normalized spacial score (nSPS) is 10.6. The van der Waals surface area contributed by atoms with Crippen LogP contribution in [0, 0.1) is 0 Å². The van der Waals surface area contributed by atoms with E-state index in [9.17, 15) is 4.79 Å². The van der Waals surface area contributed by atoms with Crippen LogP contribution in [0.3, 0.4) is 0 Å².